The molecule has 0 spiro atoms. The van der Waals surface area contributed by atoms with E-state index in [0.29, 0.717) is 37.5 Å². The van der Waals surface area contributed by atoms with Crippen LogP contribution in [-0.2, 0) is 11.3 Å². The highest BCUT2D eigenvalue weighted by atomic mass is 35.5. The first-order valence-electron chi connectivity index (χ1n) is 8.50. The normalized spacial score (nSPS) is 15.6. The van der Waals surface area contributed by atoms with Crippen LogP contribution >= 0.6 is 11.6 Å². The van der Waals surface area contributed by atoms with Gasteiger partial charge in [-0.3, -0.25) is 0 Å². The Morgan fingerprint density at radius 1 is 1.20 bits per heavy atom. The quantitative estimate of drug-likeness (QED) is 0.858. The summed E-state index contributed by atoms with van der Waals surface area (Å²) in [6, 6.07) is 7.20. The fourth-order valence-corrected chi connectivity index (χ4v) is 2.68. The minimum atomic E-state index is -0.492. The lowest BCUT2D eigenvalue weighted by molar-refractivity contribution is 0.0201. The summed E-state index contributed by atoms with van der Waals surface area (Å²) in [5.74, 6) is 0. The molecule has 0 aliphatic carbocycles. The number of amides is 3. The van der Waals surface area contributed by atoms with Crippen molar-refractivity contribution >= 4 is 23.7 Å². The molecule has 2 N–H and O–H groups in total. The van der Waals surface area contributed by atoms with Gasteiger partial charge in [0.05, 0.1) is 0 Å². The van der Waals surface area contributed by atoms with Gasteiger partial charge in [-0.2, -0.15) is 0 Å². The van der Waals surface area contributed by atoms with Crippen molar-refractivity contribution in [3.05, 3.63) is 34.9 Å². The lowest BCUT2D eigenvalue weighted by Crippen LogP contribution is -2.49. The van der Waals surface area contributed by atoms with Crippen molar-refractivity contribution in [2.75, 3.05) is 13.1 Å². The number of carbonyl (C=O) groups excluding carboxylic acids is 2. The fraction of sp³-hybridized carbons (Fsp3) is 0.556. The second-order valence-corrected chi connectivity index (χ2v) is 7.63. The second-order valence-electron chi connectivity index (χ2n) is 7.20. The molecule has 1 aliphatic rings. The maximum atomic E-state index is 12.0. The van der Waals surface area contributed by atoms with E-state index in [1.54, 1.807) is 17.0 Å². The van der Waals surface area contributed by atoms with Gasteiger partial charge in [0.15, 0.2) is 0 Å². The number of halogens is 1. The van der Waals surface area contributed by atoms with Crippen molar-refractivity contribution in [2.24, 2.45) is 0 Å². The van der Waals surface area contributed by atoms with Crippen LogP contribution < -0.4 is 10.6 Å². The Labute approximate surface area is 153 Å². The number of likely N-dealkylation sites (tertiary alicyclic amines) is 1. The number of nitrogens with zero attached hydrogens (tertiary/aromatic N) is 1. The van der Waals surface area contributed by atoms with E-state index in [-0.39, 0.29) is 18.2 Å². The van der Waals surface area contributed by atoms with Crippen LogP contribution in [0.15, 0.2) is 24.3 Å². The van der Waals surface area contributed by atoms with Gasteiger partial charge in [-0.15, -0.1) is 0 Å². The number of carbonyl (C=O) groups is 2. The van der Waals surface area contributed by atoms with Gasteiger partial charge < -0.3 is 20.3 Å². The third-order valence-corrected chi connectivity index (χ3v) is 4.10. The highest BCUT2D eigenvalue weighted by Crippen LogP contribution is 2.15. The SMILES string of the molecule is CC(C)(C)OC(=O)N1CCC(NC(=O)NCc2ccc(Cl)cc2)CC1. The van der Waals surface area contributed by atoms with E-state index in [1.165, 1.54) is 0 Å². The van der Waals surface area contributed by atoms with Gasteiger partial charge in [0.2, 0.25) is 0 Å². The molecule has 1 aliphatic heterocycles. The van der Waals surface area contributed by atoms with Crippen LogP contribution in [0, 0.1) is 0 Å². The fourth-order valence-electron chi connectivity index (χ4n) is 2.55. The summed E-state index contributed by atoms with van der Waals surface area (Å²) in [5.41, 5.74) is 0.493. The zero-order valence-corrected chi connectivity index (χ0v) is 15.7. The molecular formula is C18H26ClN3O3. The molecule has 3 amide bonds. The first kappa shape index (κ1) is 19.4. The lowest BCUT2D eigenvalue weighted by atomic mass is 10.1. The summed E-state index contributed by atoms with van der Waals surface area (Å²) in [7, 11) is 0. The molecule has 0 bridgehead atoms. The number of rotatable bonds is 3. The van der Waals surface area contributed by atoms with Gasteiger partial charge in [0.1, 0.15) is 5.60 Å². The molecule has 1 fully saturated rings. The Kier molecular flexibility index (Phi) is 6.53. The van der Waals surface area contributed by atoms with Crippen LogP contribution in [0.4, 0.5) is 9.59 Å². The van der Waals surface area contributed by atoms with Crippen molar-refractivity contribution < 1.29 is 14.3 Å². The van der Waals surface area contributed by atoms with Crippen LogP contribution in [-0.4, -0.2) is 41.8 Å². The van der Waals surface area contributed by atoms with Crippen LogP contribution in [0.2, 0.25) is 5.02 Å². The molecular weight excluding hydrogens is 342 g/mol. The number of ether oxygens (including phenoxy) is 1. The molecule has 1 saturated heterocycles. The standard InChI is InChI=1S/C18H26ClN3O3/c1-18(2,3)25-17(24)22-10-8-15(9-11-22)21-16(23)20-12-13-4-6-14(19)7-5-13/h4-7,15H,8-12H2,1-3H3,(H2,20,21,23). The van der Waals surface area contributed by atoms with Crippen molar-refractivity contribution in [1.82, 2.24) is 15.5 Å². The molecule has 1 heterocycles. The highest BCUT2D eigenvalue weighted by Gasteiger charge is 2.27. The lowest BCUT2D eigenvalue weighted by Gasteiger charge is -2.33. The van der Waals surface area contributed by atoms with Gasteiger partial charge in [-0.25, -0.2) is 9.59 Å². The highest BCUT2D eigenvalue weighted by molar-refractivity contribution is 6.30. The molecule has 2 rings (SSSR count). The minimum absolute atomic E-state index is 0.0592. The summed E-state index contributed by atoms with van der Waals surface area (Å²) in [6.45, 7) is 7.16. The second kappa shape index (κ2) is 8.43. The summed E-state index contributed by atoms with van der Waals surface area (Å²) in [4.78, 5) is 25.7. The van der Waals surface area contributed by atoms with Crippen molar-refractivity contribution in [2.45, 2.75) is 51.8 Å². The van der Waals surface area contributed by atoms with Crippen LogP contribution in [0.1, 0.15) is 39.2 Å². The molecule has 6 nitrogen and oxygen atoms in total. The molecule has 0 unspecified atom stereocenters. The average molecular weight is 368 g/mol. The van der Waals surface area contributed by atoms with E-state index in [9.17, 15) is 9.59 Å². The Hall–Kier alpha value is -1.95. The molecule has 0 atom stereocenters. The van der Waals surface area contributed by atoms with Gasteiger partial charge in [-0.05, 0) is 51.3 Å². The van der Waals surface area contributed by atoms with Gasteiger partial charge in [0.25, 0.3) is 0 Å². The van der Waals surface area contributed by atoms with E-state index in [2.05, 4.69) is 10.6 Å². The van der Waals surface area contributed by atoms with Crippen LogP contribution in [0.5, 0.6) is 0 Å². The number of hydrogen-bond acceptors (Lipinski definition) is 3. The van der Waals surface area contributed by atoms with Gasteiger partial charge >= 0.3 is 12.1 Å². The zero-order valence-electron chi connectivity index (χ0n) is 15.0. The molecule has 138 valence electrons. The summed E-state index contributed by atoms with van der Waals surface area (Å²) < 4.78 is 5.37. The number of hydrogen-bond donors (Lipinski definition) is 2. The van der Waals surface area contributed by atoms with E-state index in [0.717, 1.165) is 5.56 Å². The third kappa shape index (κ3) is 6.82. The van der Waals surface area contributed by atoms with Gasteiger partial charge in [0, 0.05) is 30.7 Å². The third-order valence-electron chi connectivity index (χ3n) is 3.85. The van der Waals surface area contributed by atoms with Crippen molar-refractivity contribution in [3.8, 4) is 0 Å². The largest absolute Gasteiger partial charge is 0.444 e. The predicted molar refractivity (Wildman–Crippen MR) is 97.7 cm³/mol. The summed E-state index contributed by atoms with van der Waals surface area (Å²) in [5, 5.41) is 6.46. The summed E-state index contributed by atoms with van der Waals surface area (Å²) >= 11 is 5.84. The Morgan fingerprint density at radius 2 is 1.80 bits per heavy atom. The van der Waals surface area contributed by atoms with Crippen LogP contribution in [0.25, 0.3) is 0 Å². The van der Waals surface area contributed by atoms with E-state index >= 15 is 0 Å². The van der Waals surface area contributed by atoms with Gasteiger partial charge in [-0.1, -0.05) is 23.7 Å². The van der Waals surface area contributed by atoms with Crippen LogP contribution in [0.3, 0.4) is 0 Å². The monoisotopic (exact) mass is 367 g/mol. The van der Waals surface area contributed by atoms with Crippen molar-refractivity contribution in [3.63, 3.8) is 0 Å². The maximum Gasteiger partial charge on any atom is 0.410 e. The first-order chi connectivity index (χ1) is 11.7. The molecule has 25 heavy (non-hydrogen) atoms. The predicted octanol–water partition coefficient (Wildman–Crippen LogP) is 3.54. The average Bonchev–Trinajstić information content (AvgIpc) is 2.53. The molecule has 0 radical (unpaired) electrons. The molecule has 0 aromatic heterocycles. The van der Waals surface area contributed by atoms with E-state index in [4.69, 9.17) is 16.3 Å². The molecule has 1 aromatic carbocycles. The Morgan fingerprint density at radius 3 is 2.36 bits per heavy atom. The maximum absolute atomic E-state index is 12.0. The Balaban J connectivity index is 1.69. The zero-order chi connectivity index (χ0) is 18.4. The van der Waals surface area contributed by atoms with Crippen molar-refractivity contribution in [1.29, 1.82) is 0 Å². The smallest absolute Gasteiger partial charge is 0.410 e. The molecule has 7 heteroatoms. The Bertz CT molecular complexity index is 591. The number of nitrogens with one attached hydrogen (secondary N) is 2. The minimum Gasteiger partial charge on any atom is -0.444 e. The van der Waals surface area contributed by atoms with E-state index in [1.807, 2.05) is 32.9 Å². The van der Waals surface area contributed by atoms with E-state index < -0.39 is 5.60 Å². The topological polar surface area (TPSA) is 70.7 Å². The number of benzene rings is 1. The number of urea groups is 1. The molecule has 1 aromatic rings. The first-order valence-corrected chi connectivity index (χ1v) is 8.87. The summed E-state index contributed by atoms with van der Waals surface area (Å²) in [6.07, 6.45) is 1.14. The number of piperidine rings is 1. The molecule has 0 saturated carbocycles.